The van der Waals surface area contributed by atoms with E-state index in [1.165, 1.54) is 0 Å². The molecule has 0 aliphatic carbocycles. The zero-order chi connectivity index (χ0) is 23.5. The molecule has 170 valence electrons. The summed E-state index contributed by atoms with van der Waals surface area (Å²) in [7, 11) is 0. The van der Waals surface area contributed by atoms with Gasteiger partial charge in [0.2, 0.25) is 5.91 Å². The van der Waals surface area contributed by atoms with Gasteiger partial charge in [-0.2, -0.15) is 13.2 Å². The lowest BCUT2D eigenvalue weighted by atomic mass is 10.1. The maximum absolute atomic E-state index is 12.9. The molecule has 0 bridgehead atoms. The highest BCUT2D eigenvalue weighted by Gasteiger charge is 2.34. The van der Waals surface area contributed by atoms with E-state index < -0.39 is 22.4 Å². The number of nitrogens with one attached hydrogen (secondary N) is 1. The topological polar surface area (TPSA) is 95.8 Å². The first-order valence-corrected chi connectivity index (χ1v) is 9.90. The van der Waals surface area contributed by atoms with Gasteiger partial charge in [-0.25, -0.2) is 0 Å². The number of carbonyl (C=O) groups excluding carboxylic acids is 2. The molecule has 1 aliphatic heterocycles. The molecule has 0 radical (unpaired) electrons. The number of anilines is 2. The molecule has 8 nitrogen and oxygen atoms in total. The Balaban J connectivity index is 1.71. The number of nitro groups is 1. The number of alkyl halides is 3. The van der Waals surface area contributed by atoms with Crippen molar-refractivity contribution in [1.82, 2.24) is 4.90 Å². The van der Waals surface area contributed by atoms with Gasteiger partial charge in [0.15, 0.2) is 0 Å². The predicted molar refractivity (Wildman–Crippen MR) is 112 cm³/mol. The number of rotatable bonds is 5. The van der Waals surface area contributed by atoms with Crippen LogP contribution in [0.2, 0.25) is 0 Å². The average Bonchev–Trinajstić information content (AvgIpc) is 2.77. The third-order valence-corrected chi connectivity index (χ3v) is 5.12. The first-order chi connectivity index (χ1) is 15.1. The number of hydrogen-bond acceptors (Lipinski definition) is 5. The van der Waals surface area contributed by atoms with Crippen LogP contribution in [0.5, 0.6) is 0 Å². The maximum Gasteiger partial charge on any atom is 0.416 e. The average molecular weight is 450 g/mol. The SMILES string of the molecule is CCC(=O)Nc1cccc(C(=O)N2CCN(c3ccc(C(F)(F)F)cc3[N+](=O)[O-])CC2)c1. The van der Waals surface area contributed by atoms with E-state index >= 15 is 0 Å². The zero-order valence-corrected chi connectivity index (χ0v) is 17.2. The van der Waals surface area contributed by atoms with Crippen LogP contribution >= 0.6 is 0 Å². The molecule has 1 saturated heterocycles. The third kappa shape index (κ3) is 5.16. The van der Waals surface area contributed by atoms with Gasteiger partial charge in [0, 0.05) is 49.9 Å². The fourth-order valence-electron chi connectivity index (χ4n) is 3.43. The first-order valence-electron chi connectivity index (χ1n) is 9.90. The lowest BCUT2D eigenvalue weighted by Gasteiger charge is -2.36. The largest absolute Gasteiger partial charge is 0.416 e. The Bertz CT molecular complexity index is 1030. The van der Waals surface area contributed by atoms with Gasteiger partial charge >= 0.3 is 6.18 Å². The van der Waals surface area contributed by atoms with Crippen LogP contribution in [0.15, 0.2) is 42.5 Å². The summed E-state index contributed by atoms with van der Waals surface area (Å²) >= 11 is 0. The summed E-state index contributed by atoms with van der Waals surface area (Å²) in [5.74, 6) is -0.444. The molecule has 2 amide bonds. The Morgan fingerprint density at radius 1 is 1.09 bits per heavy atom. The quantitative estimate of drug-likeness (QED) is 0.550. The third-order valence-electron chi connectivity index (χ3n) is 5.12. The molecule has 1 fully saturated rings. The van der Waals surface area contributed by atoms with Crippen LogP contribution in [-0.2, 0) is 11.0 Å². The van der Waals surface area contributed by atoms with Crippen LogP contribution in [0.1, 0.15) is 29.3 Å². The molecular weight excluding hydrogens is 429 g/mol. The van der Waals surface area contributed by atoms with Crippen molar-refractivity contribution < 1.29 is 27.7 Å². The van der Waals surface area contributed by atoms with Gasteiger partial charge in [0.1, 0.15) is 5.69 Å². The molecule has 0 aromatic heterocycles. The Labute approximate surface area is 181 Å². The lowest BCUT2D eigenvalue weighted by molar-refractivity contribution is -0.384. The summed E-state index contributed by atoms with van der Waals surface area (Å²) in [4.78, 5) is 38.1. The number of nitrogens with zero attached hydrogens (tertiary/aromatic N) is 3. The molecule has 1 N–H and O–H groups in total. The van der Waals surface area contributed by atoms with E-state index in [-0.39, 0.29) is 43.7 Å². The van der Waals surface area contributed by atoms with Crippen molar-refractivity contribution in [1.29, 1.82) is 0 Å². The molecule has 1 heterocycles. The molecule has 0 unspecified atom stereocenters. The highest BCUT2D eigenvalue weighted by atomic mass is 19.4. The van der Waals surface area contributed by atoms with Crippen LogP contribution in [0.4, 0.5) is 30.2 Å². The Morgan fingerprint density at radius 3 is 2.38 bits per heavy atom. The molecular formula is C21H21F3N4O4. The normalized spacial score (nSPS) is 14.2. The second-order valence-corrected chi connectivity index (χ2v) is 7.22. The Kier molecular flexibility index (Phi) is 6.66. The molecule has 0 spiro atoms. The van der Waals surface area contributed by atoms with Crippen LogP contribution < -0.4 is 10.2 Å². The van der Waals surface area contributed by atoms with E-state index in [0.29, 0.717) is 23.7 Å². The Hall–Kier alpha value is -3.63. The lowest BCUT2D eigenvalue weighted by Crippen LogP contribution is -2.49. The van der Waals surface area contributed by atoms with Crippen LogP contribution in [0, 0.1) is 10.1 Å². The van der Waals surface area contributed by atoms with Crippen LogP contribution in [0.25, 0.3) is 0 Å². The fraction of sp³-hybridized carbons (Fsp3) is 0.333. The van der Waals surface area contributed by atoms with Gasteiger partial charge in [-0.15, -0.1) is 0 Å². The van der Waals surface area contributed by atoms with Crippen LogP contribution in [-0.4, -0.2) is 47.8 Å². The standard InChI is InChI=1S/C21H21F3N4O4/c1-2-19(29)25-16-5-3-4-14(12-16)20(30)27-10-8-26(9-11-27)17-7-6-15(21(22,23)24)13-18(17)28(31)32/h3-7,12-13H,2,8-11H2,1H3,(H,25,29). The van der Waals surface area contributed by atoms with Gasteiger partial charge in [0.25, 0.3) is 11.6 Å². The maximum atomic E-state index is 12.9. The van der Waals surface area contributed by atoms with E-state index in [0.717, 1.165) is 12.1 Å². The monoisotopic (exact) mass is 450 g/mol. The number of benzene rings is 2. The summed E-state index contributed by atoms with van der Waals surface area (Å²) in [5, 5.41) is 14.0. The number of hydrogen-bond donors (Lipinski definition) is 1. The molecule has 3 rings (SSSR count). The fourth-order valence-corrected chi connectivity index (χ4v) is 3.43. The first kappa shape index (κ1) is 23.0. The van der Waals surface area contributed by atoms with Gasteiger partial charge in [-0.3, -0.25) is 19.7 Å². The van der Waals surface area contributed by atoms with Crippen molar-refractivity contribution in [3.8, 4) is 0 Å². The number of amides is 2. The van der Waals surface area contributed by atoms with Gasteiger partial charge in [-0.05, 0) is 30.3 Å². The smallest absolute Gasteiger partial charge is 0.362 e. The van der Waals surface area contributed by atoms with E-state index in [4.69, 9.17) is 0 Å². The summed E-state index contributed by atoms with van der Waals surface area (Å²) < 4.78 is 38.8. The van der Waals surface area contributed by atoms with Crippen molar-refractivity contribution >= 4 is 28.9 Å². The van der Waals surface area contributed by atoms with Gasteiger partial charge in [0.05, 0.1) is 10.5 Å². The minimum atomic E-state index is -4.68. The molecule has 32 heavy (non-hydrogen) atoms. The summed E-state index contributed by atoms with van der Waals surface area (Å²) in [6.45, 7) is 2.64. The highest BCUT2D eigenvalue weighted by molar-refractivity contribution is 5.97. The Morgan fingerprint density at radius 2 is 1.78 bits per heavy atom. The molecule has 2 aromatic rings. The highest BCUT2D eigenvalue weighted by Crippen LogP contribution is 2.36. The molecule has 2 aromatic carbocycles. The van der Waals surface area contributed by atoms with E-state index in [2.05, 4.69) is 5.32 Å². The van der Waals surface area contributed by atoms with Gasteiger partial charge in [-0.1, -0.05) is 13.0 Å². The minimum Gasteiger partial charge on any atom is -0.362 e. The van der Waals surface area contributed by atoms with E-state index in [1.807, 2.05) is 0 Å². The van der Waals surface area contributed by atoms with Crippen molar-refractivity contribution in [2.75, 3.05) is 36.4 Å². The minimum absolute atomic E-state index is 0.0828. The molecule has 11 heteroatoms. The van der Waals surface area contributed by atoms with Gasteiger partial charge < -0.3 is 15.1 Å². The number of piperazine rings is 1. The number of halogens is 3. The number of nitro benzene ring substituents is 1. The molecule has 0 atom stereocenters. The molecule has 0 saturated carbocycles. The van der Waals surface area contributed by atoms with Crippen molar-refractivity contribution in [2.45, 2.75) is 19.5 Å². The van der Waals surface area contributed by atoms with Crippen LogP contribution in [0.3, 0.4) is 0 Å². The second-order valence-electron chi connectivity index (χ2n) is 7.22. The number of carbonyl (C=O) groups is 2. The predicted octanol–water partition coefficient (Wildman–Crippen LogP) is 3.92. The summed E-state index contributed by atoms with van der Waals surface area (Å²) in [5.41, 5.74) is -0.746. The summed E-state index contributed by atoms with van der Waals surface area (Å²) in [6, 6.07) is 8.96. The van der Waals surface area contributed by atoms with Crippen molar-refractivity contribution in [2.24, 2.45) is 0 Å². The zero-order valence-electron chi connectivity index (χ0n) is 17.2. The van der Waals surface area contributed by atoms with Crippen molar-refractivity contribution in [3.63, 3.8) is 0 Å². The summed E-state index contributed by atoms with van der Waals surface area (Å²) in [6.07, 6.45) is -4.38. The van der Waals surface area contributed by atoms with E-state index in [1.54, 1.807) is 41.0 Å². The second kappa shape index (κ2) is 9.25. The van der Waals surface area contributed by atoms with Crippen molar-refractivity contribution in [3.05, 3.63) is 63.7 Å². The molecule has 1 aliphatic rings. The van der Waals surface area contributed by atoms with E-state index in [9.17, 15) is 32.9 Å².